The molecule has 3 N–H and O–H groups in total. The molecule has 3 heterocycles. The van der Waals surface area contributed by atoms with E-state index < -0.39 is 51.7 Å². The van der Waals surface area contributed by atoms with Gasteiger partial charge < -0.3 is 19.8 Å². The average molecular weight is 662 g/mol. The highest BCUT2D eigenvalue weighted by atomic mass is 35.5. The van der Waals surface area contributed by atoms with Gasteiger partial charge in [-0.15, -0.1) is 0 Å². The van der Waals surface area contributed by atoms with Crippen LogP contribution in [0.5, 0.6) is 5.75 Å². The van der Waals surface area contributed by atoms with E-state index in [1.165, 1.54) is 24.1 Å². The summed E-state index contributed by atoms with van der Waals surface area (Å²) in [6, 6.07) is 9.72. The second-order valence-electron chi connectivity index (χ2n) is 13.1. The van der Waals surface area contributed by atoms with Gasteiger partial charge in [0.05, 0.1) is 36.3 Å². The molecule has 1 saturated heterocycles. The number of carbonyl (C=O) groups is 1. The summed E-state index contributed by atoms with van der Waals surface area (Å²) in [5.41, 5.74) is 2.79. The molecule has 1 aliphatic carbocycles. The number of aryl methyl sites for hydroxylation is 1. The van der Waals surface area contributed by atoms with Crippen molar-refractivity contribution in [3.8, 4) is 5.75 Å². The highest BCUT2D eigenvalue weighted by Gasteiger charge is 2.45. The molecule has 9 nitrogen and oxygen atoms in total. The highest BCUT2D eigenvalue weighted by Crippen LogP contribution is 2.45. The second-order valence-corrected chi connectivity index (χ2v) is 15.6. The molecule has 2 unspecified atom stereocenters. The van der Waals surface area contributed by atoms with E-state index >= 15 is 4.39 Å². The standard InChI is InChI=1S/C33H41ClFN3O6S/c1-20-5-9-27(35)31(29(40)17-39)38-13-11-25(38)16-37-18-33(12-3-4-22-14-24(34)7-8-26(22)33)19-44-30-10-6-23(15-28(30)37)32(41)36-45(42,43)21(20)2/h6-10,14-15,20-21,25,29,31,39-40H,3-5,11-13,16-19H2,1-2H3,(H,36,41)/b27-9-/t20-,21+,25-,29?,31?,33-/m0/s1. The first-order chi connectivity index (χ1) is 21.4. The van der Waals surface area contributed by atoms with Gasteiger partial charge in [0.15, 0.2) is 0 Å². The number of ether oxygens (including phenoxy) is 1. The molecule has 1 spiro atoms. The van der Waals surface area contributed by atoms with E-state index in [9.17, 15) is 23.4 Å². The van der Waals surface area contributed by atoms with E-state index in [1.54, 1.807) is 25.1 Å². The Morgan fingerprint density at radius 3 is 2.76 bits per heavy atom. The summed E-state index contributed by atoms with van der Waals surface area (Å²) in [7, 11) is -4.10. The fraction of sp³-hybridized carbons (Fsp3) is 0.545. The lowest BCUT2D eigenvalue weighted by molar-refractivity contribution is -0.0353. The van der Waals surface area contributed by atoms with Gasteiger partial charge in [0.25, 0.3) is 5.91 Å². The lowest BCUT2D eigenvalue weighted by Gasteiger charge is -2.49. The van der Waals surface area contributed by atoms with Gasteiger partial charge in [-0.05, 0) is 86.4 Å². The van der Waals surface area contributed by atoms with Crippen molar-refractivity contribution < 1.29 is 32.6 Å². The molecule has 2 aromatic carbocycles. The summed E-state index contributed by atoms with van der Waals surface area (Å²) < 4.78 is 51.1. The number of allylic oxidation sites excluding steroid dienone is 1. The molecule has 6 rings (SSSR count). The number of anilines is 1. The Kier molecular flexibility index (Phi) is 8.95. The molecule has 0 radical (unpaired) electrons. The predicted molar refractivity (Wildman–Crippen MR) is 171 cm³/mol. The molecule has 45 heavy (non-hydrogen) atoms. The van der Waals surface area contributed by atoms with Gasteiger partial charge in [0.2, 0.25) is 10.0 Å². The van der Waals surface area contributed by atoms with Crippen molar-refractivity contribution in [3.63, 3.8) is 0 Å². The van der Waals surface area contributed by atoms with Crippen molar-refractivity contribution in [3.05, 3.63) is 70.0 Å². The molecule has 2 bridgehead atoms. The number of rotatable bonds is 2. The van der Waals surface area contributed by atoms with Gasteiger partial charge in [-0.25, -0.2) is 17.5 Å². The minimum atomic E-state index is -4.10. The van der Waals surface area contributed by atoms with Crippen LogP contribution in [0.25, 0.3) is 0 Å². The number of nitrogens with one attached hydrogen (secondary N) is 1. The first-order valence-corrected chi connectivity index (χ1v) is 17.6. The molecule has 2 aromatic rings. The third-order valence-electron chi connectivity index (χ3n) is 10.3. The summed E-state index contributed by atoms with van der Waals surface area (Å²) in [6.45, 7) is 4.46. The fourth-order valence-corrected chi connectivity index (χ4v) is 8.87. The maximum atomic E-state index is 15.9. The van der Waals surface area contributed by atoms with Crippen LogP contribution < -0.4 is 14.4 Å². The van der Waals surface area contributed by atoms with Crippen LogP contribution >= 0.6 is 11.6 Å². The van der Waals surface area contributed by atoms with Crippen LogP contribution in [-0.2, 0) is 21.9 Å². The third kappa shape index (κ3) is 6.10. The smallest absolute Gasteiger partial charge is 0.264 e. The predicted octanol–water partition coefficient (Wildman–Crippen LogP) is 3.95. The van der Waals surface area contributed by atoms with Crippen molar-refractivity contribution in [2.24, 2.45) is 5.92 Å². The minimum Gasteiger partial charge on any atom is -0.490 e. The Hall–Kier alpha value is -2.70. The average Bonchev–Trinajstić information content (AvgIpc) is 3.15. The van der Waals surface area contributed by atoms with Crippen LogP contribution in [0.4, 0.5) is 10.1 Å². The van der Waals surface area contributed by atoms with Gasteiger partial charge in [0.1, 0.15) is 11.6 Å². The van der Waals surface area contributed by atoms with E-state index in [2.05, 4.69) is 15.7 Å². The molecular formula is C33H41ClFN3O6S. The third-order valence-corrected chi connectivity index (χ3v) is 12.5. The number of sulfonamides is 1. The molecule has 3 aliphatic heterocycles. The van der Waals surface area contributed by atoms with Crippen molar-refractivity contribution >= 4 is 33.2 Å². The van der Waals surface area contributed by atoms with E-state index in [0.717, 1.165) is 25.7 Å². The molecule has 244 valence electrons. The maximum absolute atomic E-state index is 15.9. The van der Waals surface area contributed by atoms with E-state index in [0.29, 0.717) is 42.7 Å². The maximum Gasteiger partial charge on any atom is 0.264 e. The normalized spacial score (nSPS) is 32.1. The van der Waals surface area contributed by atoms with E-state index in [-0.39, 0.29) is 23.4 Å². The zero-order valence-corrected chi connectivity index (χ0v) is 27.2. The first kappa shape index (κ1) is 32.2. The Bertz CT molecular complexity index is 1600. The number of aliphatic hydroxyl groups is 2. The number of halogens is 2. The number of hydrogen-bond acceptors (Lipinski definition) is 8. The SMILES string of the molecule is C[C@@H]1[C@@H](C)C/C=C(\F)C(C(O)CO)N2CC[C@H]2CN2C[C@@]3(CCCc4cc(Cl)ccc43)COc3ccc(cc32)C(=O)NS1(=O)=O. The van der Waals surface area contributed by atoms with Crippen LogP contribution in [0.15, 0.2) is 48.3 Å². The van der Waals surface area contributed by atoms with Gasteiger partial charge in [0, 0.05) is 41.7 Å². The summed E-state index contributed by atoms with van der Waals surface area (Å²) in [6.07, 6.45) is 3.49. The lowest BCUT2D eigenvalue weighted by atomic mass is 9.70. The van der Waals surface area contributed by atoms with E-state index in [1.807, 2.05) is 17.0 Å². The Labute approximate surface area is 269 Å². The van der Waals surface area contributed by atoms with Gasteiger partial charge >= 0.3 is 0 Å². The monoisotopic (exact) mass is 661 g/mol. The Morgan fingerprint density at radius 1 is 1.22 bits per heavy atom. The van der Waals surface area contributed by atoms with Crippen molar-refractivity contribution in [1.29, 1.82) is 0 Å². The van der Waals surface area contributed by atoms with Crippen molar-refractivity contribution in [2.45, 2.75) is 74.8 Å². The largest absolute Gasteiger partial charge is 0.490 e. The van der Waals surface area contributed by atoms with Crippen LogP contribution in [-0.4, -0.2) is 85.7 Å². The Morgan fingerprint density at radius 2 is 2.02 bits per heavy atom. The number of aliphatic hydroxyl groups excluding tert-OH is 2. The minimum absolute atomic E-state index is 0.0729. The van der Waals surface area contributed by atoms with Crippen molar-refractivity contribution in [2.75, 3.05) is 37.7 Å². The number of carbonyl (C=O) groups excluding carboxylic acids is 1. The van der Waals surface area contributed by atoms with E-state index in [4.69, 9.17) is 16.3 Å². The number of hydrogen-bond donors (Lipinski definition) is 3. The molecule has 1 fully saturated rings. The topological polar surface area (TPSA) is 119 Å². The number of amides is 1. The lowest BCUT2D eigenvalue weighted by Crippen LogP contribution is -2.62. The zero-order chi connectivity index (χ0) is 32.1. The molecule has 4 aliphatic rings. The van der Waals surface area contributed by atoms with Crippen LogP contribution in [0, 0.1) is 5.92 Å². The zero-order valence-electron chi connectivity index (χ0n) is 25.6. The second kappa shape index (κ2) is 12.5. The summed E-state index contributed by atoms with van der Waals surface area (Å²) in [5.74, 6) is -1.31. The van der Waals surface area contributed by atoms with Gasteiger partial charge in [-0.3, -0.25) is 9.69 Å². The fourth-order valence-electron chi connectivity index (χ4n) is 7.39. The molecule has 0 saturated carbocycles. The van der Waals surface area contributed by atoms with Gasteiger partial charge in [-0.2, -0.15) is 0 Å². The summed E-state index contributed by atoms with van der Waals surface area (Å²) in [5, 5.41) is 20.4. The quantitative estimate of drug-likeness (QED) is 0.443. The number of fused-ring (bicyclic) bond motifs is 4. The molecule has 12 heteroatoms. The molecule has 1 amide bonds. The van der Waals surface area contributed by atoms with Gasteiger partial charge in [-0.1, -0.05) is 30.7 Å². The van der Waals surface area contributed by atoms with Crippen LogP contribution in [0.3, 0.4) is 0 Å². The first-order valence-electron chi connectivity index (χ1n) is 15.7. The molecule has 0 aromatic heterocycles. The molecular weight excluding hydrogens is 621 g/mol. The van der Waals surface area contributed by atoms with Crippen molar-refractivity contribution in [1.82, 2.24) is 9.62 Å². The highest BCUT2D eigenvalue weighted by molar-refractivity contribution is 7.90. The number of nitrogens with zero attached hydrogens (tertiary/aromatic N) is 2. The van der Waals surface area contributed by atoms with Crippen LogP contribution in [0.1, 0.15) is 61.0 Å². The number of benzene rings is 2. The van der Waals surface area contributed by atoms with Crippen LogP contribution in [0.2, 0.25) is 5.02 Å². The summed E-state index contributed by atoms with van der Waals surface area (Å²) >= 11 is 6.38. The Balaban J connectivity index is 1.46. The molecule has 6 atom stereocenters. The summed E-state index contributed by atoms with van der Waals surface area (Å²) in [4.78, 5) is 17.4.